The molecule has 0 radical (unpaired) electrons. The molecule has 1 aromatic carbocycles. The molecule has 0 spiro atoms. The van der Waals surface area contributed by atoms with Crippen LogP contribution in [0, 0.1) is 5.82 Å². The molecular formula is C14H20FN3OS2. The average molecular weight is 329 g/mol. The summed E-state index contributed by atoms with van der Waals surface area (Å²) in [5.74, 6) is 0.197. The summed E-state index contributed by atoms with van der Waals surface area (Å²) in [5.41, 5.74) is 5.03. The van der Waals surface area contributed by atoms with Crippen LogP contribution in [-0.4, -0.2) is 22.3 Å². The Morgan fingerprint density at radius 3 is 2.43 bits per heavy atom. The van der Waals surface area contributed by atoms with E-state index < -0.39 is 0 Å². The van der Waals surface area contributed by atoms with Crippen LogP contribution in [0.5, 0.6) is 0 Å². The van der Waals surface area contributed by atoms with Crippen LogP contribution in [0.3, 0.4) is 0 Å². The molecule has 4 nitrogen and oxygen atoms in total. The molecule has 0 aliphatic carbocycles. The highest BCUT2D eigenvalue weighted by molar-refractivity contribution is 7.99. The van der Waals surface area contributed by atoms with Gasteiger partial charge in [0.25, 0.3) is 0 Å². The van der Waals surface area contributed by atoms with Gasteiger partial charge in [0.1, 0.15) is 5.82 Å². The van der Waals surface area contributed by atoms with Crippen molar-refractivity contribution in [1.82, 2.24) is 16.2 Å². The van der Waals surface area contributed by atoms with Gasteiger partial charge < -0.3 is 5.32 Å². The van der Waals surface area contributed by atoms with E-state index in [9.17, 15) is 9.18 Å². The fourth-order valence-electron chi connectivity index (χ4n) is 1.35. The molecule has 0 fully saturated rings. The number of hydrogen-bond donors (Lipinski definition) is 3. The van der Waals surface area contributed by atoms with Crippen molar-refractivity contribution in [2.45, 2.75) is 37.6 Å². The van der Waals surface area contributed by atoms with Crippen molar-refractivity contribution in [2.24, 2.45) is 0 Å². The largest absolute Gasteiger partial charge is 0.357 e. The third-order valence-corrected chi connectivity index (χ3v) is 3.43. The number of thiocarbonyl (C=S) groups is 1. The van der Waals surface area contributed by atoms with E-state index in [1.165, 1.54) is 23.9 Å². The van der Waals surface area contributed by atoms with E-state index in [2.05, 4.69) is 16.2 Å². The molecule has 0 unspecified atom stereocenters. The van der Waals surface area contributed by atoms with Crippen molar-refractivity contribution in [1.29, 1.82) is 0 Å². The average Bonchev–Trinajstić information content (AvgIpc) is 2.37. The SMILES string of the molecule is CC(C)(C)NC(=S)NNC(=O)CCSc1ccc(F)cc1. The van der Waals surface area contributed by atoms with Crippen LogP contribution < -0.4 is 16.2 Å². The zero-order valence-corrected chi connectivity index (χ0v) is 14.0. The van der Waals surface area contributed by atoms with Crippen molar-refractivity contribution in [2.75, 3.05) is 5.75 Å². The van der Waals surface area contributed by atoms with Gasteiger partial charge in [0.15, 0.2) is 5.11 Å². The molecule has 1 rings (SSSR count). The van der Waals surface area contributed by atoms with Crippen molar-refractivity contribution in [3.8, 4) is 0 Å². The van der Waals surface area contributed by atoms with E-state index in [0.717, 1.165) is 4.90 Å². The summed E-state index contributed by atoms with van der Waals surface area (Å²) in [5, 5.41) is 3.40. The second-order valence-corrected chi connectivity index (χ2v) is 7.01. The molecule has 3 N–H and O–H groups in total. The third kappa shape index (κ3) is 8.52. The summed E-state index contributed by atoms with van der Waals surface area (Å²) < 4.78 is 12.7. The highest BCUT2D eigenvalue weighted by Crippen LogP contribution is 2.18. The van der Waals surface area contributed by atoms with Crippen LogP contribution >= 0.6 is 24.0 Å². The molecule has 0 aromatic heterocycles. The monoisotopic (exact) mass is 329 g/mol. The quantitative estimate of drug-likeness (QED) is 0.450. The van der Waals surface area contributed by atoms with Gasteiger partial charge in [-0.25, -0.2) is 4.39 Å². The predicted molar refractivity (Wildman–Crippen MR) is 88.5 cm³/mol. The minimum absolute atomic E-state index is 0.150. The number of amides is 1. The molecule has 0 atom stereocenters. The van der Waals surface area contributed by atoms with Crippen LogP contribution in [-0.2, 0) is 4.79 Å². The number of carbonyl (C=O) groups is 1. The predicted octanol–water partition coefficient (Wildman–Crippen LogP) is 2.60. The lowest BCUT2D eigenvalue weighted by Gasteiger charge is -2.23. The second kappa shape index (κ2) is 8.19. The summed E-state index contributed by atoms with van der Waals surface area (Å²) in [6.45, 7) is 5.92. The van der Waals surface area contributed by atoms with Crippen LogP contribution in [0.15, 0.2) is 29.2 Å². The number of hydrazine groups is 1. The Kier molecular flexibility index (Phi) is 6.91. The summed E-state index contributed by atoms with van der Waals surface area (Å²) >= 11 is 6.54. The molecule has 0 aliphatic heterocycles. The van der Waals surface area contributed by atoms with Gasteiger partial charge in [0.05, 0.1) is 0 Å². The maximum absolute atomic E-state index is 12.7. The van der Waals surface area contributed by atoms with Gasteiger partial charge in [-0.15, -0.1) is 11.8 Å². The number of thioether (sulfide) groups is 1. The van der Waals surface area contributed by atoms with E-state index in [1.807, 2.05) is 20.8 Å². The maximum atomic E-state index is 12.7. The lowest BCUT2D eigenvalue weighted by Crippen LogP contribution is -2.52. The van der Waals surface area contributed by atoms with Crippen LogP contribution in [0.1, 0.15) is 27.2 Å². The van der Waals surface area contributed by atoms with Gasteiger partial charge in [0.2, 0.25) is 5.91 Å². The Labute approximate surface area is 134 Å². The number of hydrogen-bond acceptors (Lipinski definition) is 3. The summed E-state index contributed by atoms with van der Waals surface area (Å²) in [7, 11) is 0. The first kappa shape index (κ1) is 17.7. The highest BCUT2D eigenvalue weighted by atomic mass is 32.2. The van der Waals surface area contributed by atoms with Crippen molar-refractivity contribution in [3.05, 3.63) is 30.1 Å². The Balaban J connectivity index is 2.19. The number of rotatable bonds is 4. The van der Waals surface area contributed by atoms with Crippen molar-refractivity contribution >= 4 is 35.0 Å². The number of halogens is 1. The molecule has 7 heteroatoms. The molecular weight excluding hydrogens is 309 g/mol. The van der Waals surface area contributed by atoms with Gasteiger partial charge in [-0.2, -0.15) is 0 Å². The van der Waals surface area contributed by atoms with Gasteiger partial charge in [-0.05, 0) is 57.3 Å². The second-order valence-electron chi connectivity index (χ2n) is 5.43. The normalized spacial score (nSPS) is 10.9. The van der Waals surface area contributed by atoms with Gasteiger partial charge >= 0.3 is 0 Å². The molecule has 0 saturated heterocycles. The molecule has 1 amide bonds. The number of nitrogens with one attached hydrogen (secondary N) is 3. The molecule has 21 heavy (non-hydrogen) atoms. The molecule has 116 valence electrons. The highest BCUT2D eigenvalue weighted by Gasteiger charge is 2.11. The third-order valence-electron chi connectivity index (χ3n) is 2.22. The number of benzene rings is 1. The minimum atomic E-state index is -0.263. The maximum Gasteiger partial charge on any atom is 0.239 e. The van der Waals surface area contributed by atoms with Gasteiger partial charge in [-0.1, -0.05) is 0 Å². The summed E-state index contributed by atoms with van der Waals surface area (Å²) in [6, 6.07) is 6.19. The van der Waals surface area contributed by atoms with Gasteiger partial charge in [0, 0.05) is 22.6 Å². The Morgan fingerprint density at radius 1 is 1.24 bits per heavy atom. The first-order valence-corrected chi connectivity index (χ1v) is 7.91. The standard InChI is InChI=1S/C14H20FN3OS2/c1-14(2,3)16-13(20)18-17-12(19)8-9-21-11-6-4-10(15)5-7-11/h4-7H,8-9H2,1-3H3,(H,17,19)(H2,16,18,20). The van der Waals surface area contributed by atoms with E-state index in [4.69, 9.17) is 12.2 Å². The van der Waals surface area contributed by atoms with Crippen molar-refractivity contribution in [3.63, 3.8) is 0 Å². The fourth-order valence-corrected chi connectivity index (χ4v) is 2.56. The fraction of sp³-hybridized carbons (Fsp3) is 0.429. The lowest BCUT2D eigenvalue weighted by atomic mass is 10.1. The molecule has 0 bridgehead atoms. The van der Waals surface area contributed by atoms with E-state index in [1.54, 1.807) is 12.1 Å². The minimum Gasteiger partial charge on any atom is -0.357 e. The Morgan fingerprint density at radius 2 is 1.86 bits per heavy atom. The molecule has 0 aliphatic rings. The molecule has 0 saturated carbocycles. The zero-order chi connectivity index (χ0) is 15.9. The number of carbonyl (C=O) groups excluding carboxylic acids is 1. The van der Waals surface area contributed by atoms with Crippen LogP contribution in [0.4, 0.5) is 4.39 Å². The first-order valence-electron chi connectivity index (χ1n) is 6.51. The molecule has 1 aromatic rings. The van der Waals surface area contributed by atoms with E-state index in [0.29, 0.717) is 17.3 Å². The van der Waals surface area contributed by atoms with Crippen LogP contribution in [0.25, 0.3) is 0 Å². The zero-order valence-electron chi connectivity index (χ0n) is 12.3. The Hall–Kier alpha value is -1.34. The van der Waals surface area contributed by atoms with Crippen LogP contribution in [0.2, 0.25) is 0 Å². The lowest BCUT2D eigenvalue weighted by molar-refractivity contribution is -0.121. The topological polar surface area (TPSA) is 53.2 Å². The van der Waals surface area contributed by atoms with E-state index in [-0.39, 0.29) is 17.3 Å². The summed E-state index contributed by atoms with van der Waals surface area (Å²) in [6.07, 6.45) is 0.340. The van der Waals surface area contributed by atoms with E-state index >= 15 is 0 Å². The smallest absolute Gasteiger partial charge is 0.239 e. The van der Waals surface area contributed by atoms with Crippen molar-refractivity contribution < 1.29 is 9.18 Å². The van der Waals surface area contributed by atoms with Gasteiger partial charge in [-0.3, -0.25) is 15.6 Å². The first-order chi connectivity index (χ1) is 9.76. The summed E-state index contributed by atoms with van der Waals surface area (Å²) in [4.78, 5) is 12.6. The Bertz CT molecular complexity index is 486. The molecule has 0 heterocycles.